The van der Waals surface area contributed by atoms with Crippen molar-refractivity contribution >= 4 is 60.2 Å². The molecule has 0 saturated carbocycles. The summed E-state index contributed by atoms with van der Waals surface area (Å²) in [7, 11) is -4.53. The number of thiazole rings is 1. The third kappa shape index (κ3) is 9.17. The van der Waals surface area contributed by atoms with Gasteiger partial charge in [0.05, 0.1) is 26.8 Å². The minimum Gasteiger partial charge on any atom is -0.748 e. The molecule has 3 aromatic carbocycles. The number of quaternary nitrogens is 1. The van der Waals surface area contributed by atoms with Crippen LogP contribution in [0.15, 0.2) is 75.9 Å². The van der Waals surface area contributed by atoms with Gasteiger partial charge in [0.15, 0.2) is 0 Å². The predicted molar refractivity (Wildman–Crippen MR) is 212 cm³/mol. The molecule has 0 radical (unpaired) electrons. The monoisotopic (exact) mass is 776 g/mol. The highest BCUT2D eigenvalue weighted by Gasteiger charge is 2.29. The molecule has 0 spiro atoms. The molecule has 0 aliphatic rings. The maximum Gasteiger partial charge on any atom is 0.366 e. The van der Waals surface area contributed by atoms with Crippen molar-refractivity contribution in [3.63, 3.8) is 0 Å². The standard InChI is InChI=1S/C40H48N4O8S2/c1-6-42(7-2)28-22-23-31-33(27-28)51-40(47)37(38-41-32-19-13-14-20-34(32)53-38)36(31)29-17-11-12-18-30(29)39(46)43(25-16-26-54(48,49)50)24-15-21-35(45)52-44(8-3,9-4)10-5/h11-14,17-20,22-23,27H,6-10,15-16,21,24-26H2,1-5H3. The lowest BCUT2D eigenvalue weighted by Gasteiger charge is -2.31. The zero-order valence-corrected chi connectivity index (χ0v) is 33.1. The van der Waals surface area contributed by atoms with Crippen LogP contribution in [0.25, 0.3) is 42.9 Å². The topological polar surface area (TPSA) is 150 Å². The highest BCUT2D eigenvalue weighted by Crippen LogP contribution is 2.41. The molecule has 5 aromatic rings. The molecule has 2 heterocycles. The van der Waals surface area contributed by atoms with E-state index in [0.717, 1.165) is 29.0 Å². The van der Waals surface area contributed by atoms with Crippen LogP contribution in [0.3, 0.4) is 0 Å². The Balaban J connectivity index is 1.61. The summed E-state index contributed by atoms with van der Waals surface area (Å²) < 4.78 is 41.7. The zero-order valence-electron chi connectivity index (χ0n) is 31.5. The highest BCUT2D eigenvalue weighted by atomic mass is 32.2. The summed E-state index contributed by atoms with van der Waals surface area (Å²) in [5.41, 5.74) is 2.76. The largest absolute Gasteiger partial charge is 0.748 e. The van der Waals surface area contributed by atoms with Crippen molar-refractivity contribution < 1.29 is 36.5 Å². The minimum absolute atomic E-state index is 0.0340. The van der Waals surface area contributed by atoms with E-state index in [1.54, 1.807) is 24.3 Å². The summed E-state index contributed by atoms with van der Waals surface area (Å²) >= 11 is 1.35. The lowest BCUT2D eigenvalue weighted by molar-refractivity contribution is -1.09. The van der Waals surface area contributed by atoms with Crippen molar-refractivity contribution in [3.8, 4) is 21.7 Å². The van der Waals surface area contributed by atoms with Crippen molar-refractivity contribution in [2.24, 2.45) is 0 Å². The van der Waals surface area contributed by atoms with E-state index in [1.807, 2.05) is 77.1 Å². The Morgan fingerprint density at radius 1 is 0.889 bits per heavy atom. The lowest BCUT2D eigenvalue weighted by Crippen LogP contribution is -2.48. The number of carbonyl (C=O) groups excluding carboxylic acids is 2. The maximum atomic E-state index is 14.6. The van der Waals surface area contributed by atoms with Crippen LogP contribution in [-0.2, 0) is 19.8 Å². The molecular formula is C40H48N4O8S2. The van der Waals surface area contributed by atoms with Crippen LogP contribution in [0.5, 0.6) is 0 Å². The van der Waals surface area contributed by atoms with Gasteiger partial charge in [0.25, 0.3) is 5.91 Å². The first-order valence-electron chi connectivity index (χ1n) is 18.5. The molecule has 0 aliphatic heterocycles. The molecule has 0 unspecified atom stereocenters. The average molecular weight is 777 g/mol. The van der Waals surface area contributed by atoms with Gasteiger partial charge in [-0.3, -0.25) is 9.63 Å². The third-order valence-electron chi connectivity index (χ3n) is 9.90. The summed E-state index contributed by atoms with van der Waals surface area (Å²) in [6, 6.07) is 20.2. The van der Waals surface area contributed by atoms with Crippen molar-refractivity contribution in [2.45, 2.75) is 53.9 Å². The highest BCUT2D eigenvalue weighted by molar-refractivity contribution is 7.85. The fourth-order valence-electron chi connectivity index (χ4n) is 6.77. The molecule has 0 N–H and O–H groups in total. The number of hydroxylamine groups is 3. The molecule has 288 valence electrons. The van der Waals surface area contributed by atoms with E-state index in [1.165, 1.54) is 16.2 Å². The van der Waals surface area contributed by atoms with Crippen LogP contribution in [0, 0.1) is 0 Å². The number of rotatable bonds is 18. The van der Waals surface area contributed by atoms with Gasteiger partial charge in [-0.2, -0.15) is 0 Å². The normalized spacial score (nSPS) is 12.0. The number of carbonyl (C=O) groups is 2. The number of nitrogens with zero attached hydrogens (tertiary/aromatic N) is 4. The van der Waals surface area contributed by atoms with Gasteiger partial charge in [-0.15, -0.1) is 16.0 Å². The van der Waals surface area contributed by atoms with Crippen LogP contribution in [0.1, 0.15) is 64.2 Å². The van der Waals surface area contributed by atoms with Crippen LogP contribution in [-0.4, -0.2) is 90.9 Å². The number of aromatic nitrogens is 1. The van der Waals surface area contributed by atoms with Gasteiger partial charge in [-0.05, 0) is 83.4 Å². The van der Waals surface area contributed by atoms with Crippen molar-refractivity contribution in [1.29, 1.82) is 0 Å². The number of benzene rings is 3. The summed E-state index contributed by atoms with van der Waals surface area (Å²) in [5.74, 6) is -1.49. The van der Waals surface area contributed by atoms with E-state index >= 15 is 0 Å². The molecule has 54 heavy (non-hydrogen) atoms. The second-order valence-corrected chi connectivity index (χ2v) is 15.6. The summed E-state index contributed by atoms with van der Waals surface area (Å²) in [6.07, 6.45) is 0.192. The minimum atomic E-state index is -4.53. The molecule has 0 atom stereocenters. The van der Waals surface area contributed by atoms with Crippen LogP contribution in [0.2, 0.25) is 0 Å². The summed E-state index contributed by atoms with van der Waals surface area (Å²) in [6.45, 7) is 13.3. The number of fused-ring (bicyclic) bond motifs is 2. The van der Waals surface area contributed by atoms with E-state index in [-0.39, 0.29) is 48.1 Å². The van der Waals surface area contributed by atoms with Crippen molar-refractivity contribution in [2.75, 3.05) is 56.5 Å². The molecule has 5 rings (SSSR count). The first kappa shape index (κ1) is 40.6. The number of hydrogen-bond acceptors (Lipinski definition) is 11. The lowest BCUT2D eigenvalue weighted by atomic mass is 9.92. The molecule has 14 heteroatoms. The Morgan fingerprint density at radius 2 is 1.56 bits per heavy atom. The summed E-state index contributed by atoms with van der Waals surface area (Å²) in [5, 5.41) is 1.05. The SMILES string of the molecule is CCN(CC)c1ccc2c(-c3ccccc3C(=O)N(CCCC(=O)O[N+](CC)(CC)CC)CCCS(=O)(=O)[O-])c(-c3nc4ccccc4s3)c(=O)oc2c1. The Hall–Kier alpha value is -4.63. The van der Waals surface area contributed by atoms with Crippen LogP contribution in [0.4, 0.5) is 5.69 Å². The molecular weight excluding hydrogens is 729 g/mol. The fourth-order valence-corrected chi connectivity index (χ4v) is 8.26. The smallest absolute Gasteiger partial charge is 0.366 e. The zero-order chi connectivity index (χ0) is 39.0. The predicted octanol–water partition coefficient (Wildman–Crippen LogP) is 7.08. The van der Waals surface area contributed by atoms with E-state index in [9.17, 15) is 27.4 Å². The molecule has 2 aromatic heterocycles. The first-order valence-corrected chi connectivity index (χ1v) is 20.9. The second kappa shape index (κ2) is 17.7. The van der Waals surface area contributed by atoms with E-state index in [2.05, 4.69) is 4.90 Å². The summed E-state index contributed by atoms with van der Waals surface area (Å²) in [4.78, 5) is 55.9. The van der Waals surface area contributed by atoms with Crippen LogP contribution < -0.4 is 10.5 Å². The van der Waals surface area contributed by atoms with Gasteiger partial charge >= 0.3 is 11.6 Å². The molecule has 12 nitrogen and oxygen atoms in total. The average Bonchev–Trinajstić information content (AvgIpc) is 3.59. The number of anilines is 1. The molecule has 1 amide bonds. The van der Waals surface area contributed by atoms with Gasteiger partial charge in [0.2, 0.25) is 0 Å². The van der Waals surface area contributed by atoms with Gasteiger partial charge in [-0.1, -0.05) is 30.3 Å². The third-order valence-corrected chi connectivity index (χ3v) is 11.7. The van der Waals surface area contributed by atoms with Crippen molar-refractivity contribution in [3.05, 3.63) is 82.7 Å². The Labute approximate surface area is 320 Å². The fraction of sp³-hybridized carbons (Fsp3) is 0.400. The van der Waals surface area contributed by atoms with E-state index < -0.39 is 33.4 Å². The molecule has 0 saturated heterocycles. The van der Waals surface area contributed by atoms with Crippen molar-refractivity contribution in [1.82, 2.24) is 9.88 Å². The van der Waals surface area contributed by atoms with Crippen LogP contribution >= 0.6 is 11.3 Å². The number of hydrogen-bond donors (Lipinski definition) is 0. The van der Waals surface area contributed by atoms with E-state index in [0.29, 0.717) is 46.7 Å². The van der Waals surface area contributed by atoms with Gasteiger partial charge in [0.1, 0.15) is 35.8 Å². The van der Waals surface area contributed by atoms with Gasteiger partial charge in [0, 0.05) is 60.2 Å². The molecule has 0 aliphatic carbocycles. The Bertz CT molecular complexity index is 2240. The second-order valence-electron chi connectivity index (χ2n) is 13.0. The quantitative estimate of drug-likeness (QED) is 0.0391. The van der Waals surface area contributed by atoms with E-state index in [4.69, 9.17) is 14.2 Å². The molecule has 0 fully saturated rings. The number of amides is 1. The molecule has 0 bridgehead atoms. The van der Waals surface area contributed by atoms with Gasteiger partial charge < -0.3 is 18.8 Å². The number of para-hydroxylation sites is 1. The Kier molecular flexibility index (Phi) is 13.3. The van der Waals surface area contributed by atoms with Gasteiger partial charge in [-0.25, -0.2) is 23.0 Å². The maximum absolute atomic E-state index is 14.6. The Morgan fingerprint density at radius 3 is 2.22 bits per heavy atom. The first-order chi connectivity index (χ1) is 25.9.